The molecule has 2 saturated heterocycles. The minimum atomic E-state index is -4.52. The highest BCUT2D eigenvalue weighted by molar-refractivity contribution is 8.14. The van der Waals surface area contributed by atoms with Gasteiger partial charge in [0.05, 0.1) is 16.6 Å². The number of benzene rings is 1. The van der Waals surface area contributed by atoms with E-state index in [2.05, 4.69) is 25.5 Å². The third-order valence-corrected chi connectivity index (χ3v) is 10.0. The lowest BCUT2D eigenvalue weighted by Gasteiger charge is -2.39. The number of pyridine rings is 2. The third kappa shape index (κ3) is 7.15. The van der Waals surface area contributed by atoms with Gasteiger partial charge in [-0.25, -0.2) is 9.78 Å². The molecule has 0 aliphatic carbocycles. The van der Waals surface area contributed by atoms with E-state index < -0.39 is 29.6 Å². The number of amides is 4. The molecule has 0 saturated carbocycles. The fourth-order valence-electron chi connectivity index (χ4n) is 6.23. The summed E-state index contributed by atoms with van der Waals surface area (Å²) >= 11 is 0.957. The van der Waals surface area contributed by atoms with Crippen molar-refractivity contribution in [2.45, 2.75) is 38.5 Å². The minimum absolute atomic E-state index is 0.00945. The van der Waals surface area contributed by atoms with E-state index in [-0.39, 0.29) is 39.5 Å². The first-order chi connectivity index (χ1) is 23.3. The molecule has 3 aromatic rings. The Labute approximate surface area is 284 Å². The van der Waals surface area contributed by atoms with Crippen LogP contribution in [-0.2, 0) is 4.79 Å². The molecule has 3 aliphatic rings. The fourth-order valence-corrected chi connectivity index (χ4v) is 7.34. The third-order valence-electron chi connectivity index (χ3n) is 8.96. The average Bonchev–Trinajstić information content (AvgIpc) is 3.57. The summed E-state index contributed by atoms with van der Waals surface area (Å²) in [7, 11) is 1.98. The molecule has 0 radical (unpaired) electrons. The van der Waals surface area contributed by atoms with Gasteiger partial charge in [0.15, 0.2) is 6.04 Å². The van der Waals surface area contributed by atoms with E-state index in [1.807, 2.05) is 18.5 Å². The number of likely N-dealkylation sites (tertiary alicyclic amines) is 1. The largest absolute Gasteiger partial charge is 0.411 e. The number of hydrogen-bond acceptors (Lipinski definition) is 8. The standard InChI is InChI=1S/C33H37F3N8O4S/c1-4-7-37-32(48)40-28-13-22(30-39-27(18-49-30)33(34,35)36)24(14-38-28)20-5-6-26-23(12-20)29(46)25(17-44(26)21-15-41(3)16-21)31(47)43-10-8-42(9-11-43)19(2)45/h5-6,12-14,17,21,27H,4,7-11,15-16,18H2,1-3H3,(H2,37,38,40,48). The van der Waals surface area contributed by atoms with Gasteiger partial charge in [0.2, 0.25) is 11.3 Å². The highest BCUT2D eigenvalue weighted by atomic mass is 32.2. The zero-order valence-corrected chi connectivity index (χ0v) is 28.2. The Morgan fingerprint density at radius 3 is 2.39 bits per heavy atom. The molecule has 2 N–H and O–H groups in total. The number of aromatic nitrogens is 2. The van der Waals surface area contributed by atoms with Crippen molar-refractivity contribution in [3.05, 3.63) is 58.0 Å². The lowest BCUT2D eigenvalue weighted by Crippen LogP contribution is -2.51. The van der Waals surface area contributed by atoms with Crippen LogP contribution < -0.4 is 16.1 Å². The Morgan fingerprint density at radius 1 is 1.04 bits per heavy atom. The molecule has 4 amide bonds. The van der Waals surface area contributed by atoms with Gasteiger partial charge in [0, 0.05) is 87.4 Å². The number of nitrogens with one attached hydrogen (secondary N) is 2. The molecule has 6 rings (SSSR count). The van der Waals surface area contributed by atoms with E-state index in [0.717, 1.165) is 24.9 Å². The summed E-state index contributed by atoms with van der Waals surface area (Å²) in [6.45, 7) is 6.59. The number of aliphatic imine (C=N–C) groups is 1. The molecule has 0 spiro atoms. The van der Waals surface area contributed by atoms with Gasteiger partial charge in [0.25, 0.3) is 5.91 Å². The second kappa shape index (κ2) is 13.8. The summed E-state index contributed by atoms with van der Waals surface area (Å²) < 4.78 is 42.8. The number of nitrogens with zero attached hydrogens (tertiary/aromatic N) is 6. The highest BCUT2D eigenvalue weighted by Gasteiger charge is 2.43. The predicted octanol–water partition coefficient (Wildman–Crippen LogP) is 3.81. The first kappa shape index (κ1) is 34.4. The van der Waals surface area contributed by atoms with Crippen LogP contribution in [0.25, 0.3) is 22.0 Å². The van der Waals surface area contributed by atoms with Gasteiger partial charge in [-0.05, 0) is 37.2 Å². The lowest BCUT2D eigenvalue weighted by atomic mass is 9.98. The van der Waals surface area contributed by atoms with Crippen molar-refractivity contribution in [1.82, 2.24) is 29.6 Å². The SMILES string of the molecule is CCCNC(=O)Nc1cc(C2=NC(C(F)(F)F)CS2)c(-c2ccc3c(c2)c(=O)c(C(=O)N2CCN(C(C)=O)CC2)cn3C2CN(C)C2)cn1. The Kier molecular flexibility index (Phi) is 9.71. The number of likely N-dealkylation sites (N-methyl/N-ethyl adjacent to an activating group) is 1. The van der Waals surface area contributed by atoms with Gasteiger partial charge in [-0.15, -0.1) is 11.8 Å². The number of halogens is 3. The van der Waals surface area contributed by atoms with Crippen molar-refractivity contribution in [2.24, 2.45) is 4.99 Å². The summed E-state index contributed by atoms with van der Waals surface area (Å²) in [4.78, 5) is 65.9. The van der Waals surface area contributed by atoms with Crippen LogP contribution in [0.5, 0.6) is 0 Å². The van der Waals surface area contributed by atoms with Crippen LogP contribution in [0.3, 0.4) is 0 Å². The molecule has 49 heavy (non-hydrogen) atoms. The van der Waals surface area contributed by atoms with Crippen LogP contribution in [0.15, 0.2) is 46.4 Å². The molecule has 1 unspecified atom stereocenters. The van der Waals surface area contributed by atoms with Gasteiger partial charge in [-0.2, -0.15) is 13.2 Å². The van der Waals surface area contributed by atoms with Crippen LogP contribution in [0, 0.1) is 0 Å². The maximum Gasteiger partial charge on any atom is 0.411 e. The van der Waals surface area contributed by atoms with Crippen molar-refractivity contribution >= 4 is 51.4 Å². The molecule has 1 atom stereocenters. The minimum Gasteiger partial charge on any atom is -0.341 e. The number of thioether (sulfide) groups is 1. The molecule has 0 bridgehead atoms. The van der Waals surface area contributed by atoms with Crippen molar-refractivity contribution < 1.29 is 27.6 Å². The quantitative estimate of drug-likeness (QED) is 0.384. The number of urea groups is 1. The first-order valence-corrected chi connectivity index (χ1v) is 17.1. The summed E-state index contributed by atoms with van der Waals surface area (Å²) in [6, 6.07) is 4.31. The van der Waals surface area contributed by atoms with Crippen molar-refractivity contribution in [1.29, 1.82) is 0 Å². The molecular formula is C33H37F3N8O4S. The zero-order chi connectivity index (χ0) is 35.0. The number of hydrogen-bond donors (Lipinski definition) is 2. The molecule has 260 valence electrons. The van der Waals surface area contributed by atoms with E-state index in [1.54, 1.807) is 34.2 Å². The van der Waals surface area contributed by atoms with Gasteiger partial charge in [-0.3, -0.25) is 24.7 Å². The van der Waals surface area contributed by atoms with Crippen LogP contribution in [0.4, 0.5) is 23.8 Å². The normalized spacial score (nSPS) is 18.7. The van der Waals surface area contributed by atoms with Crippen LogP contribution in [0.1, 0.15) is 42.2 Å². The number of piperazine rings is 1. The summed E-state index contributed by atoms with van der Waals surface area (Å²) in [6.07, 6.45) is -0.741. The molecule has 5 heterocycles. The van der Waals surface area contributed by atoms with Crippen molar-refractivity contribution in [2.75, 3.05) is 63.9 Å². The van der Waals surface area contributed by atoms with Crippen molar-refractivity contribution in [3.63, 3.8) is 0 Å². The van der Waals surface area contributed by atoms with E-state index in [1.165, 1.54) is 19.2 Å². The second-order valence-electron chi connectivity index (χ2n) is 12.5. The van der Waals surface area contributed by atoms with E-state index in [0.29, 0.717) is 61.4 Å². The smallest absolute Gasteiger partial charge is 0.341 e. The Morgan fingerprint density at radius 2 is 1.76 bits per heavy atom. The van der Waals surface area contributed by atoms with Gasteiger partial charge in [-0.1, -0.05) is 13.0 Å². The molecule has 2 fully saturated rings. The molecule has 16 heteroatoms. The van der Waals surface area contributed by atoms with Gasteiger partial charge in [0.1, 0.15) is 11.4 Å². The summed E-state index contributed by atoms with van der Waals surface area (Å²) in [5.41, 5.74) is 1.40. The van der Waals surface area contributed by atoms with E-state index in [9.17, 15) is 32.3 Å². The summed E-state index contributed by atoms with van der Waals surface area (Å²) in [5, 5.41) is 5.72. The number of carbonyl (C=O) groups is 3. The fraction of sp³-hybridized carbons (Fsp3) is 0.455. The lowest BCUT2D eigenvalue weighted by molar-refractivity contribution is -0.141. The van der Waals surface area contributed by atoms with Crippen LogP contribution in [0.2, 0.25) is 0 Å². The second-order valence-corrected chi connectivity index (χ2v) is 13.5. The summed E-state index contributed by atoms with van der Waals surface area (Å²) in [5.74, 6) is -0.655. The van der Waals surface area contributed by atoms with E-state index >= 15 is 0 Å². The Hall–Kier alpha value is -4.44. The van der Waals surface area contributed by atoms with Gasteiger partial charge >= 0.3 is 12.2 Å². The maximum absolute atomic E-state index is 14.1. The number of alkyl halides is 3. The number of rotatable bonds is 7. The maximum atomic E-state index is 14.1. The Bertz CT molecular complexity index is 1880. The number of anilines is 1. The molecule has 12 nitrogen and oxygen atoms in total. The van der Waals surface area contributed by atoms with Crippen LogP contribution >= 0.6 is 11.8 Å². The van der Waals surface area contributed by atoms with E-state index in [4.69, 9.17) is 0 Å². The van der Waals surface area contributed by atoms with Crippen molar-refractivity contribution in [3.8, 4) is 11.1 Å². The Balaban J connectivity index is 1.44. The predicted molar refractivity (Wildman–Crippen MR) is 182 cm³/mol. The highest BCUT2D eigenvalue weighted by Crippen LogP contribution is 2.37. The van der Waals surface area contributed by atoms with Gasteiger partial charge < -0.3 is 24.6 Å². The number of fused-ring (bicyclic) bond motifs is 1. The first-order valence-electron chi connectivity index (χ1n) is 16.1. The topological polar surface area (TPSA) is 132 Å². The molecule has 1 aromatic carbocycles. The average molecular weight is 699 g/mol. The monoisotopic (exact) mass is 698 g/mol. The molecule has 2 aromatic heterocycles. The van der Waals surface area contributed by atoms with Crippen LogP contribution in [-0.4, -0.2) is 118 Å². The number of carbonyl (C=O) groups excluding carboxylic acids is 3. The molecular weight excluding hydrogens is 661 g/mol. The zero-order valence-electron chi connectivity index (χ0n) is 27.3. The molecule has 3 aliphatic heterocycles.